The summed E-state index contributed by atoms with van der Waals surface area (Å²) in [6, 6.07) is 9.48. The fourth-order valence-electron chi connectivity index (χ4n) is 1.79. The van der Waals surface area contributed by atoms with E-state index in [1.165, 1.54) is 0 Å². The Morgan fingerprint density at radius 3 is 2.89 bits per heavy atom. The highest BCUT2D eigenvalue weighted by atomic mass is 79.9. The Morgan fingerprint density at radius 1 is 1.22 bits per heavy atom. The largest absolute Gasteiger partial charge is 0.485 e. The average Bonchev–Trinajstić information content (AvgIpc) is 2.47. The first-order chi connectivity index (χ1) is 8.86. The molecule has 92 valence electrons. The molecule has 2 heterocycles. The Hall–Kier alpha value is -1.62. The minimum absolute atomic E-state index is 0.251. The number of rotatable bonds is 2. The molecule has 3 rings (SSSR count). The van der Waals surface area contributed by atoms with Gasteiger partial charge in [0, 0.05) is 11.5 Å². The second kappa shape index (κ2) is 4.94. The normalized spacial score (nSPS) is 17.5. The molecule has 1 aromatic heterocycles. The Balaban J connectivity index is 1.87. The molecule has 4 nitrogen and oxygen atoms in total. The van der Waals surface area contributed by atoms with Gasteiger partial charge in [-0.3, -0.25) is 0 Å². The smallest absolute Gasteiger partial charge is 0.192 e. The summed E-state index contributed by atoms with van der Waals surface area (Å²) >= 11 is 3.38. The van der Waals surface area contributed by atoms with Gasteiger partial charge in [-0.05, 0) is 18.2 Å². The van der Waals surface area contributed by atoms with E-state index in [-0.39, 0.29) is 6.10 Å². The lowest BCUT2D eigenvalue weighted by atomic mass is 10.2. The summed E-state index contributed by atoms with van der Waals surface area (Å²) < 4.78 is 11.5. The first kappa shape index (κ1) is 11.5. The number of alkyl halides is 1. The van der Waals surface area contributed by atoms with Crippen LogP contribution in [0, 0.1) is 0 Å². The summed E-state index contributed by atoms with van der Waals surface area (Å²) in [4.78, 5) is 8.67. The highest BCUT2D eigenvalue weighted by Gasteiger charge is 2.24. The number of hydrogen-bond acceptors (Lipinski definition) is 4. The molecule has 1 atom stereocenters. The molecule has 1 aliphatic heterocycles. The summed E-state index contributed by atoms with van der Waals surface area (Å²) in [6.07, 6.45) is 1.49. The van der Waals surface area contributed by atoms with Crippen LogP contribution in [0.25, 0.3) is 0 Å². The predicted molar refractivity (Wildman–Crippen MR) is 70.0 cm³/mol. The van der Waals surface area contributed by atoms with Crippen molar-refractivity contribution in [2.45, 2.75) is 11.4 Å². The van der Waals surface area contributed by atoms with Crippen molar-refractivity contribution in [3.8, 4) is 11.5 Å². The molecule has 1 aromatic carbocycles. The van der Waals surface area contributed by atoms with Gasteiger partial charge in [-0.2, -0.15) is 0 Å². The number of halogens is 1. The molecule has 0 spiro atoms. The summed E-state index contributed by atoms with van der Waals surface area (Å²) in [7, 11) is 0. The standard InChI is InChI=1S/C13H11BrN2O2/c14-7-9-5-6-15-13(16-9)12-8-17-10-3-1-2-4-11(10)18-12/h1-6,12H,7-8H2. The number of hydrogen-bond donors (Lipinski definition) is 0. The topological polar surface area (TPSA) is 44.2 Å². The fraction of sp³-hybridized carbons (Fsp3) is 0.231. The van der Waals surface area contributed by atoms with E-state index in [1.807, 2.05) is 30.3 Å². The lowest BCUT2D eigenvalue weighted by Gasteiger charge is -2.25. The molecule has 0 bridgehead atoms. The maximum atomic E-state index is 5.85. The number of benzene rings is 1. The second-order valence-electron chi connectivity index (χ2n) is 3.90. The zero-order chi connectivity index (χ0) is 12.4. The Labute approximate surface area is 113 Å². The number of ether oxygens (including phenoxy) is 2. The minimum Gasteiger partial charge on any atom is -0.485 e. The molecule has 2 aromatic rings. The van der Waals surface area contributed by atoms with Crippen molar-refractivity contribution in [2.75, 3.05) is 6.61 Å². The van der Waals surface area contributed by atoms with Crippen molar-refractivity contribution in [1.29, 1.82) is 0 Å². The Morgan fingerprint density at radius 2 is 2.06 bits per heavy atom. The monoisotopic (exact) mass is 306 g/mol. The predicted octanol–water partition coefficient (Wildman–Crippen LogP) is 2.88. The molecule has 1 unspecified atom stereocenters. The molecule has 0 saturated carbocycles. The number of fused-ring (bicyclic) bond motifs is 1. The molecule has 0 N–H and O–H groups in total. The van der Waals surface area contributed by atoms with Crippen molar-refractivity contribution in [3.63, 3.8) is 0 Å². The Kier molecular flexibility index (Phi) is 3.15. The molecular formula is C13H11BrN2O2. The van der Waals surface area contributed by atoms with E-state index in [4.69, 9.17) is 9.47 Å². The van der Waals surface area contributed by atoms with Gasteiger partial charge in [0.15, 0.2) is 23.4 Å². The molecule has 0 saturated heterocycles. The maximum Gasteiger partial charge on any atom is 0.192 e. The summed E-state index contributed by atoms with van der Waals surface area (Å²) in [5.74, 6) is 2.16. The van der Waals surface area contributed by atoms with Gasteiger partial charge >= 0.3 is 0 Å². The van der Waals surface area contributed by atoms with Crippen LogP contribution >= 0.6 is 15.9 Å². The molecule has 18 heavy (non-hydrogen) atoms. The zero-order valence-corrected chi connectivity index (χ0v) is 11.1. The molecule has 1 aliphatic rings. The summed E-state index contributed by atoms with van der Waals surface area (Å²) in [5, 5.41) is 0.701. The highest BCUT2D eigenvalue weighted by molar-refractivity contribution is 9.08. The van der Waals surface area contributed by atoms with Crippen molar-refractivity contribution in [3.05, 3.63) is 48.0 Å². The quantitative estimate of drug-likeness (QED) is 0.800. The van der Waals surface area contributed by atoms with Gasteiger partial charge in [-0.25, -0.2) is 9.97 Å². The van der Waals surface area contributed by atoms with Gasteiger partial charge in [-0.1, -0.05) is 28.1 Å². The molecule has 5 heteroatoms. The minimum atomic E-state index is -0.251. The van der Waals surface area contributed by atoms with E-state index < -0.39 is 0 Å². The van der Waals surface area contributed by atoms with Gasteiger partial charge in [0.05, 0.1) is 5.69 Å². The van der Waals surface area contributed by atoms with Crippen molar-refractivity contribution < 1.29 is 9.47 Å². The van der Waals surface area contributed by atoms with Crippen LogP contribution < -0.4 is 9.47 Å². The average molecular weight is 307 g/mol. The number of para-hydroxylation sites is 2. The van der Waals surface area contributed by atoms with Crippen LogP contribution in [0.4, 0.5) is 0 Å². The van der Waals surface area contributed by atoms with Crippen LogP contribution in [0.15, 0.2) is 36.5 Å². The highest BCUT2D eigenvalue weighted by Crippen LogP contribution is 2.34. The third-order valence-corrected chi connectivity index (χ3v) is 3.24. The summed E-state index contributed by atoms with van der Waals surface area (Å²) in [6.45, 7) is 0.433. The second-order valence-corrected chi connectivity index (χ2v) is 4.46. The van der Waals surface area contributed by atoms with Crippen molar-refractivity contribution in [1.82, 2.24) is 9.97 Å². The van der Waals surface area contributed by atoms with E-state index in [0.717, 1.165) is 17.2 Å². The number of nitrogens with zero attached hydrogens (tertiary/aromatic N) is 2. The van der Waals surface area contributed by atoms with E-state index in [1.54, 1.807) is 6.20 Å². The van der Waals surface area contributed by atoms with Gasteiger partial charge in [0.25, 0.3) is 0 Å². The lowest BCUT2D eigenvalue weighted by molar-refractivity contribution is 0.0849. The zero-order valence-electron chi connectivity index (χ0n) is 9.54. The van der Waals surface area contributed by atoms with E-state index in [2.05, 4.69) is 25.9 Å². The fourth-order valence-corrected chi connectivity index (χ4v) is 2.10. The van der Waals surface area contributed by atoms with Crippen LogP contribution in [0.5, 0.6) is 11.5 Å². The van der Waals surface area contributed by atoms with Gasteiger partial charge < -0.3 is 9.47 Å². The van der Waals surface area contributed by atoms with Crippen LogP contribution in [0.1, 0.15) is 17.6 Å². The van der Waals surface area contributed by atoms with Gasteiger partial charge in [-0.15, -0.1) is 0 Å². The van der Waals surface area contributed by atoms with E-state index in [9.17, 15) is 0 Å². The lowest BCUT2D eigenvalue weighted by Crippen LogP contribution is -2.23. The van der Waals surface area contributed by atoms with Crippen LogP contribution in [0.3, 0.4) is 0 Å². The first-order valence-electron chi connectivity index (χ1n) is 5.63. The SMILES string of the molecule is BrCc1ccnc(C2COc3ccccc3O2)n1. The molecule has 0 fully saturated rings. The maximum absolute atomic E-state index is 5.85. The van der Waals surface area contributed by atoms with E-state index in [0.29, 0.717) is 17.8 Å². The number of aromatic nitrogens is 2. The van der Waals surface area contributed by atoms with Crippen LogP contribution in [-0.2, 0) is 5.33 Å². The molecular weight excluding hydrogens is 296 g/mol. The van der Waals surface area contributed by atoms with Crippen LogP contribution in [0.2, 0.25) is 0 Å². The molecule has 0 aliphatic carbocycles. The van der Waals surface area contributed by atoms with Gasteiger partial charge in [0.1, 0.15) is 6.61 Å². The third kappa shape index (κ3) is 2.18. The molecule has 0 amide bonds. The Bertz CT molecular complexity index is 562. The third-order valence-electron chi connectivity index (χ3n) is 2.67. The summed E-state index contributed by atoms with van der Waals surface area (Å²) in [5.41, 5.74) is 0.933. The van der Waals surface area contributed by atoms with Gasteiger partial charge in [0.2, 0.25) is 0 Å². The molecule has 0 radical (unpaired) electrons. The first-order valence-corrected chi connectivity index (χ1v) is 6.75. The van der Waals surface area contributed by atoms with Crippen LogP contribution in [-0.4, -0.2) is 16.6 Å². The van der Waals surface area contributed by atoms with Crippen molar-refractivity contribution in [2.24, 2.45) is 0 Å². The van der Waals surface area contributed by atoms with E-state index >= 15 is 0 Å². The van der Waals surface area contributed by atoms with Crippen molar-refractivity contribution >= 4 is 15.9 Å².